The second kappa shape index (κ2) is 10.0. The van der Waals surface area contributed by atoms with E-state index in [0.29, 0.717) is 40.1 Å². The van der Waals surface area contributed by atoms with Gasteiger partial charge in [0.1, 0.15) is 6.04 Å². The van der Waals surface area contributed by atoms with Gasteiger partial charge in [-0.2, -0.15) is 0 Å². The van der Waals surface area contributed by atoms with E-state index >= 15 is 0 Å². The third-order valence-corrected chi connectivity index (χ3v) is 5.85. The van der Waals surface area contributed by atoms with Crippen molar-refractivity contribution in [3.63, 3.8) is 0 Å². The highest BCUT2D eigenvalue weighted by Crippen LogP contribution is 2.30. The van der Waals surface area contributed by atoms with Crippen LogP contribution in [0.1, 0.15) is 35.2 Å². The molecule has 2 aromatic carbocycles. The zero-order valence-electron chi connectivity index (χ0n) is 16.9. The fraction of sp³-hybridized carbons (Fsp3) is 0.364. The second-order valence-electron chi connectivity index (χ2n) is 7.05. The summed E-state index contributed by atoms with van der Waals surface area (Å²) in [7, 11) is 3.12. The summed E-state index contributed by atoms with van der Waals surface area (Å²) < 4.78 is 10.7. The molecule has 0 radical (unpaired) electrons. The number of nitrogens with one attached hydrogen (secondary N) is 1. The first kappa shape index (κ1) is 22.2. The lowest BCUT2D eigenvalue weighted by atomic mass is 10.0. The second-order valence-corrected chi connectivity index (χ2v) is 7.87. The number of nitrogens with zero attached hydrogens (tertiary/aromatic N) is 1. The normalized spacial score (nSPS) is 16.4. The maximum absolute atomic E-state index is 13.4. The van der Waals surface area contributed by atoms with Gasteiger partial charge in [-0.15, -0.1) is 0 Å². The first-order valence-corrected chi connectivity index (χ1v) is 10.4. The largest absolute Gasteiger partial charge is 0.493 e. The number of amides is 2. The fourth-order valence-electron chi connectivity index (χ4n) is 3.51. The molecule has 1 N–H and O–H groups in total. The van der Waals surface area contributed by atoms with Gasteiger partial charge >= 0.3 is 0 Å². The lowest BCUT2D eigenvalue weighted by molar-refractivity contribution is -0.125. The Kier molecular flexibility index (Phi) is 7.45. The smallest absolute Gasteiger partial charge is 0.254 e. The number of rotatable bonds is 6. The molecule has 3 rings (SSSR count). The number of ether oxygens (including phenoxy) is 2. The molecule has 1 fully saturated rings. The van der Waals surface area contributed by atoms with E-state index in [2.05, 4.69) is 5.32 Å². The van der Waals surface area contributed by atoms with Crippen molar-refractivity contribution in [3.05, 3.63) is 57.6 Å². The van der Waals surface area contributed by atoms with Crippen molar-refractivity contribution in [1.29, 1.82) is 0 Å². The van der Waals surface area contributed by atoms with E-state index < -0.39 is 6.04 Å². The minimum atomic E-state index is -0.581. The van der Waals surface area contributed by atoms with Crippen LogP contribution in [0.3, 0.4) is 0 Å². The van der Waals surface area contributed by atoms with Crippen molar-refractivity contribution in [2.24, 2.45) is 0 Å². The summed E-state index contributed by atoms with van der Waals surface area (Å²) in [5.74, 6) is 0.713. The quantitative estimate of drug-likeness (QED) is 0.711. The van der Waals surface area contributed by atoms with Crippen LogP contribution in [0.4, 0.5) is 0 Å². The fourth-order valence-corrected chi connectivity index (χ4v) is 3.81. The average molecular weight is 451 g/mol. The molecule has 1 saturated heterocycles. The number of carbonyl (C=O) groups is 2. The zero-order chi connectivity index (χ0) is 21.7. The van der Waals surface area contributed by atoms with Crippen LogP contribution >= 0.6 is 23.2 Å². The molecule has 6 nitrogen and oxygen atoms in total. The Balaban J connectivity index is 1.97. The number of benzene rings is 2. The summed E-state index contributed by atoms with van der Waals surface area (Å²) in [6, 6.07) is 9.59. The highest BCUT2D eigenvalue weighted by molar-refractivity contribution is 6.42. The van der Waals surface area contributed by atoms with Crippen LogP contribution in [0, 0.1) is 0 Å². The molecule has 0 bridgehead atoms. The summed E-state index contributed by atoms with van der Waals surface area (Å²) in [6.07, 6.45) is 2.32. The molecule has 1 aliphatic rings. The molecule has 2 aromatic rings. The van der Waals surface area contributed by atoms with Crippen LogP contribution in [-0.4, -0.2) is 43.5 Å². The van der Waals surface area contributed by atoms with Crippen LogP contribution in [0.5, 0.6) is 11.5 Å². The van der Waals surface area contributed by atoms with Gasteiger partial charge in [0.25, 0.3) is 5.91 Å². The topological polar surface area (TPSA) is 67.9 Å². The number of hydrogen-bond acceptors (Lipinski definition) is 4. The highest BCUT2D eigenvalue weighted by atomic mass is 35.5. The standard InChI is InChI=1S/C22H24Cl2N2O4/c1-29-19-9-6-14(11-20(19)30-2)13-26(18-5-3-4-10-25-21(18)27)22(28)15-7-8-16(23)17(24)12-15/h6-9,11-12,18H,3-5,10,13H2,1-2H3,(H,25,27). The van der Waals surface area contributed by atoms with Crippen LogP contribution in [0.25, 0.3) is 0 Å². The van der Waals surface area contributed by atoms with Crippen molar-refractivity contribution < 1.29 is 19.1 Å². The van der Waals surface area contributed by atoms with Gasteiger partial charge in [0.05, 0.1) is 24.3 Å². The molecule has 2 amide bonds. The van der Waals surface area contributed by atoms with Gasteiger partial charge in [-0.3, -0.25) is 9.59 Å². The SMILES string of the molecule is COc1ccc(CN(C(=O)c2ccc(Cl)c(Cl)c2)C2CCCCNC2=O)cc1OC. The molecule has 30 heavy (non-hydrogen) atoms. The molecule has 0 aliphatic carbocycles. The molecule has 160 valence electrons. The molecular formula is C22H24Cl2N2O4. The predicted octanol–water partition coefficient (Wildman–Crippen LogP) is 4.32. The average Bonchev–Trinajstić information content (AvgIpc) is 2.97. The third kappa shape index (κ3) is 4.99. The van der Waals surface area contributed by atoms with Crippen molar-refractivity contribution >= 4 is 35.0 Å². The van der Waals surface area contributed by atoms with E-state index in [0.717, 1.165) is 18.4 Å². The van der Waals surface area contributed by atoms with Gasteiger partial charge in [0, 0.05) is 18.7 Å². The van der Waals surface area contributed by atoms with Gasteiger partial charge in [-0.05, 0) is 55.2 Å². The Hall–Kier alpha value is -2.44. The summed E-state index contributed by atoms with van der Waals surface area (Å²) in [4.78, 5) is 27.7. The van der Waals surface area contributed by atoms with E-state index in [1.54, 1.807) is 37.3 Å². The Morgan fingerprint density at radius 3 is 2.53 bits per heavy atom. The van der Waals surface area contributed by atoms with Gasteiger partial charge in [0.15, 0.2) is 11.5 Å². The number of methoxy groups -OCH3 is 2. The summed E-state index contributed by atoms with van der Waals surface area (Å²) in [5, 5.41) is 3.56. The van der Waals surface area contributed by atoms with E-state index in [4.69, 9.17) is 32.7 Å². The number of carbonyl (C=O) groups excluding carboxylic acids is 2. The van der Waals surface area contributed by atoms with Crippen molar-refractivity contribution in [2.75, 3.05) is 20.8 Å². The molecule has 0 spiro atoms. The maximum atomic E-state index is 13.4. The summed E-state index contributed by atoms with van der Waals surface area (Å²) >= 11 is 12.1. The Morgan fingerprint density at radius 2 is 1.83 bits per heavy atom. The molecular weight excluding hydrogens is 427 g/mol. The Labute approximate surface area is 186 Å². The van der Waals surface area contributed by atoms with Gasteiger partial charge in [-0.1, -0.05) is 29.3 Å². The molecule has 1 atom stereocenters. The molecule has 0 aromatic heterocycles. The van der Waals surface area contributed by atoms with E-state index in [9.17, 15) is 9.59 Å². The third-order valence-electron chi connectivity index (χ3n) is 5.11. The van der Waals surface area contributed by atoms with E-state index in [1.165, 1.54) is 6.07 Å². The van der Waals surface area contributed by atoms with Gasteiger partial charge in [-0.25, -0.2) is 0 Å². The monoisotopic (exact) mass is 450 g/mol. The van der Waals surface area contributed by atoms with Gasteiger partial charge < -0.3 is 19.7 Å². The minimum absolute atomic E-state index is 0.151. The predicted molar refractivity (Wildman–Crippen MR) is 117 cm³/mol. The highest BCUT2D eigenvalue weighted by Gasteiger charge is 2.32. The molecule has 1 aliphatic heterocycles. The summed E-state index contributed by atoms with van der Waals surface area (Å²) in [5.41, 5.74) is 1.19. The Bertz CT molecular complexity index is 935. The van der Waals surface area contributed by atoms with Gasteiger partial charge in [0.2, 0.25) is 5.91 Å². The van der Waals surface area contributed by atoms with Crippen LogP contribution in [-0.2, 0) is 11.3 Å². The number of halogens is 2. The summed E-state index contributed by atoms with van der Waals surface area (Å²) in [6.45, 7) is 0.845. The van der Waals surface area contributed by atoms with E-state index in [-0.39, 0.29) is 18.4 Å². The van der Waals surface area contributed by atoms with Crippen LogP contribution in [0.15, 0.2) is 36.4 Å². The minimum Gasteiger partial charge on any atom is -0.493 e. The molecule has 1 heterocycles. The molecule has 1 unspecified atom stereocenters. The van der Waals surface area contributed by atoms with E-state index in [1.807, 2.05) is 12.1 Å². The number of hydrogen-bond donors (Lipinski definition) is 1. The van der Waals surface area contributed by atoms with Crippen molar-refractivity contribution in [3.8, 4) is 11.5 Å². The Morgan fingerprint density at radius 1 is 1.07 bits per heavy atom. The van der Waals surface area contributed by atoms with Crippen LogP contribution in [0.2, 0.25) is 10.0 Å². The first-order valence-electron chi connectivity index (χ1n) is 9.69. The van der Waals surface area contributed by atoms with Crippen molar-refractivity contribution in [2.45, 2.75) is 31.8 Å². The lowest BCUT2D eigenvalue weighted by Gasteiger charge is -2.30. The molecule has 0 saturated carbocycles. The molecule has 8 heteroatoms. The first-order chi connectivity index (χ1) is 14.4. The maximum Gasteiger partial charge on any atom is 0.254 e. The zero-order valence-corrected chi connectivity index (χ0v) is 18.4. The van der Waals surface area contributed by atoms with Crippen LogP contribution < -0.4 is 14.8 Å². The lowest BCUT2D eigenvalue weighted by Crippen LogP contribution is -2.48. The van der Waals surface area contributed by atoms with Crippen molar-refractivity contribution in [1.82, 2.24) is 10.2 Å².